The van der Waals surface area contributed by atoms with Crippen LogP contribution >= 0.6 is 34.8 Å². The van der Waals surface area contributed by atoms with Gasteiger partial charge >= 0.3 is 0 Å². The van der Waals surface area contributed by atoms with Crippen LogP contribution in [0.15, 0.2) is 60.7 Å². The summed E-state index contributed by atoms with van der Waals surface area (Å²) in [4.78, 5) is 25.6. The Morgan fingerprint density at radius 3 is 2.32 bits per heavy atom. The van der Waals surface area contributed by atoms with Crippen LogP contribution in [0.2, 0.25) is 15.1 Å². The predicted octanol–water partition coefficient (Wildman–Crippen LogP) is 6.64. The molecule has 0 aliphatic heterocycles. The molecule has 0 spiro atoms. The van der Waals surface area contributed by atoms with Crippen molar-refractivity contribution in [2.24, 2.45) is 0 Å². The van der Waals surface area contributed by atoms with Crippen LogP contribution in [0.1, 0.15) is 32.0 Å². The maximum absolute atomic E-state index is 12.9. The van der Waals surface area contributed by atoms with Gasteiger partial charge in [-0.25, -0.2) is 0 Å². The maximum atomic E-state index is 12.9. The van der Waals surface area contributed by atoms with Crippen molar-refractivity contribution in [2.75, 3.05) is 10.6 Å². The summed E-state index contributed by atoms with van der Waals surface area (Å²) in [5.41, 5.74) is 5.42. The number of H-pyrrole nitrogens is 1. The molecule has 3 N–H and O–H groups in total. The molecule has 6 nitrogen and oxygen atoms in total. The number of carbonyl (C=O) groups is 2. The zero-order valence-electron chi connectivity index (χ0n) is 17.6. The van der Waals surface area contributed by atoms with Gasteiger partial charge in [0.15, 0.2) is 5.69 Å². The minimum absolute atomic E-state index is 0.298. The van der Waals surface area contributed by atoms with Crippen molar-refractivity contribution in [1.29, 1.82) is 0 Å². The summed E-state index contributed by atoms with van der Waals surface area (Å²) in [5.74, 6) is -0.643. The van der Waals surface area contributed by atoms with E-state index >= 15 is 0 Å². The second kappa shape index (κ2) is 9.14. The third-order valence-corrected chi connectivity index (χ3v) is 6.73. The van der Waals surface area contributed by atoms with Gasteiger partial charge in [0.1, 0.15) is 0 Å². The Balaban J connectivity index is 1.41. The van der Waals surface area contributed by atoms with Gasteiger partial charge < -0.3 is 10.6 Å². The van der Waals surface area contributed by atoms with Gasteiger partial charge in [-0.3, -0.25) is 14.7 Å². The molecule has 1 heterocycles. The van der Waals surface area contributed by atoms with Crippen LogP contribution < -0.4 is 10.6 Å². The summed E-state index contributed by atoms with van der Waals surface area (Å²) in [6, 6.07) is 17.5. The molecule has 1 aromatic heterocycles. The molecule has 34 heavy (non-hydrogen) atoms. The van der Waals surface area contributed by atoms with E-state index in [0.717, 1.165) is 28.8 Å². The molecule has 3 aromatic carbocycles. The molecule has 170 valence electrons. The minimum Gasteiger partial charge on any atom is -0.322 e. The number of benzene rings is 3. The first-order valence-corrected chi connectivity index (χ1v) is 11.6. The zero-order valence-corrected chi connectivity index (χ0v) is 19.9. The number of nitrogens with zero attached hydrogens (tertiary/aromatic N) is 1. The number of hydrogen-bond acceptors (Lipinski definition) is 3. The molecule has 0 saturated carbocycles. The van der Waals surface area contributed by atoms with Crippen LogP contribution in [0.5, 0.6) is 0 Å². The molecule has 5 rings (SSSR count). The number of carbonyl (C=O) groups excluding carboxylic acids is 2. The lowest BCUT2D eigenvalue weighted by Gasteiger charge is -2.18. The smallest absolute Gasteiger partial charge is 0.276 e. The SMILES string of the molecule is O=C(Nc1ccc2c(c1)-c1[nH]nc(C(=O)Nc3ccc(Cl)c(Cl)c3)c1CC2)c1ccccc1Cl. The lowest BCUT2D eigenvalue weighted by molar-refractivity contribution is 0.101. The van der Waals surface area contributed by atoms with E-state index in [2.05, 4.69) is 20.8 Å². The highest BCUT2D eigenvalue weighted by atomic mass is 35.5. The number of fused-ring (bicyclic) bond motifs is 3. The molecule has 9 heteroatoms. The normalized spacial score (nSPS) is 12.0. The van der Waals surface area contributed by atoms with E-state index in [4.69, 9.17) is 34.8 Å². The first-order chi connectivity index (χ1) is 16.4. The average Bonchev–Trinajstić information content (AvgIpc) is 3.26. The number of rotatable bonds is 4. The Bertz CT molecular complexity index is 1450. The number of amides is 2. The fraction of sp³-hybridized carbons (Fsp3) is 0.0800. The number of aromatic nitrogens is 2. The minimum atomic E-state index is -0.345. The van der Waals surface area contributed by atoms with Crippen LogP contribution in [0.25, 0.3) is 11.3 Å². The standard InChI is InChI=1S/C25H17Cl3N4O2/c26-19-4-2-1-3-16(19)24(33)29-14-7-5-13-6-9-17-22(18(13)11-14)31-32-23(17)25(34)30-15-8-10-20(27)21(28)12-15/h1-5,7-8,10-12H,6,9H2,(H,29,33)(H,30,34)(H,31,32). The average molecular weight is 512 g/mol. The van der Waals surface area contributed by atoms with Crippen molar-refractivity contribution in [3.8, 4) is 11.3 Å². The number of hydrogen-bond donors (Lipinski definition) is 3. The maximum Gasteiger partial charge on any atom is 0.276 e. The summed E-state index contributed by atoms with van der Waals surface area (Å²) in [5, 5.41) is 14.1. The van der Waals surface area contributed by atoms with Crippen LogP contribution in [-0.4, -0.2) is 22.0 Å². The summed E-state index contributed by atoms with van der Waals surface area (Å²) < 4.78 is 0. The lowest BCUT2D eigenvalue weighted by Crippen LogP contribution is -2.16. The highest BCUT2D eigenvalue weighted by molar-refractivity contribution is 6.42. The second-order valence-corrected chi connectivity index (χ2v) is 9.04. The summed E-state index contributed by atoms with van der Waals surface area (Å²) in [7, 11) is 0. The topological polar surface area (TPSA) is 86.9 Å². The van der Waals surface area contributed by atoms with E-state index in [1.807, 2.05) is 18.2 Å². The van der Waals surface area contributed by atoms with Crippen molar-refractivity contribution < 1.29 is 9.59 Å². The van der Waals surface area contributed by atoms with E-state index in [-0.39, 0.29) is 11.8 Å². The third-order valence-electron chi connectivity index (χ3n) is 5.66. The quantitative estimate of drug-likeness (QED) is 0.287. The largest absolute Gasteiger partial charge is 0.322 e. The van der Waals surface area contributed by atoms with Crippen molar-refractivity contribution in [3.63, 3.8) is 0 Å². The number of halogens is 3. The monoisotopic (exact) mass is 510 g/mol. The molecule has 0 unspecified atom stereocenters. The van der Waals surface area contributed by atoms with Gasteiger partial charge in [-0.05, 0) is 60.9 Å². The van der Waals surface area contributed by atoms with Crippen LogP contribution in [-0.2, 0) is 12.8 Å². The molecular formula is C25H17Cl3N4O2. The van der Waals surface area contributed by atoms with Crippen LogP contribution in [0.4, 0.5) is 11.4 Å². The highest BCUT2D eigenvalue weighted by Gasteiger charge is 2.26. The number of anilines is 2. The molecule has 0 fully saturated rings. The van der Waals surface area contributed by atoms with Crippen molar-refractivity contribution in [1.82, 2.24) is 10.2 Å². The van der Waals surface area contributed by atoms with Gasteiger partial charge in [0.25, 0.3) is 11.8 Å². The summed E-state index contributed by atoms with van der Waals surface area (Å²) in [6.45, 7) is 0. The summed E-state index contributed by atoms with van der Waals surface area (Å²) in [6.07, 6.45) is 1.40. The fourth-order valence-electron chi connectivity index (χ4n) is 3.99. The molecule has 4 aromatic rings. The molecule has 1 aliphatic carbocycles. The second-order valence-electron chi connectivity index (χ2n) is 7.81. The molecular weight excluding hydrogens is 495 g/mol. The van der Waals surface area contributed by atoms with Crippen LogP contribution in [0, 0.1) is 0 Å². The Labute approximate surface area is 210 Å². The Kier molecular flexibility index (Phi) is 6.04. The highest BCUT2D eigenvalue weighted by Crippen LogP contribution is 2.36. The van der Waals surface area contributed by atoms with Crippen molar-refractivity contribution >= 4 is 58.0 Å². The molecule has 1 aliphatic rings. The van der Waals surface area contributed by atoms with Gasteiger partial charge in [0.05, 0.1) is 26.3 Å². The van der Waals surface area contributed by atoms with E-state index in [1.165, 1.54) is 0 Å². The van der Waals surface area contributed by atoms with E-state index < -0.39 is 0 Å². The van der Waals surface area contributed by atoms with Crippen molar-refractivity contribution in [2.45, 2.75) is 12.8 Å². The number of nitrogens with one attached hydrogen (secondary N) is 3. The zero-order chi connectivity index (χ0) is 23.8. The number of aromatic amines is 1. The molecule has 0 bridgehead atoms. The Morgan fingerprint density at radius 2 is 1.53 bits per heavy atom. The molecule has 0 atom stereocenters. The van der Waals surface area contributed by atoms with Crippen molar-refractivity contribution in [3.05, 3.63) is 98.1 Å². The van der Waals surface area contributed by atoms with E-state index in [1.54, 1.807) is 42.5 Å². The van der Waals surface area contributed by atoms with Gasteiger partial charge in [0.2, 0.25) is 0 Å². The first-order valence-electron chi connectivity index (χ1n) is 10.4. The molecule has 0 radical (unpaired) electrons. The summed E-state index contributed by atoms with van der Waals surface area (Å²) >= 11 is 18.1. The Morgan fingerprint density at radius 1 is 0.794 bits per heavy atom. The fourth-order valence-corrected chi connectivity index (χ4v) is 4.51. The van der Waals surface area contributed by atoms with Gasteiger partial charge in [0, 0.05) is 22.5 Å². The molecule has 2 amide bonds. The molecule has 0 saturated heterocycles. The lowest BCUT2D eigenvalue weighted by atomic mass is 9.88. The van der Waals surface area contributed by atoms with E-state index in [0.29, 0.717) is 44.1 Å². The van der Waals surface area contributed by atoms with Crippen LogP contribution in [0.3, 0.4) is 0 Å². The third kappa shape index (κ3) is 4.28. The van der Waals surface area contributed by atoms with Gasteiger partial charge in [-0.1, -0.05) is 53.0 Å². The van der Waals surface area contributed by atoms with Gasteiger partial charge in [-0.2, -0.15) is 5.10 Å². The first kappa shape index (κ1) is 22.5. The number of aryl methyl sites for hydroxylation is 1. The Hall–Kier alpha value is -3.32. The predicted molar refractivity (Wildman–Crippen MR) is 135 cm³/mol. The van der Waals surface area contributed by atoms with E-state index in [9.17, 15) is 9.59 Å². The van der Waals surface area contributed by atoms with Gasteiger partial charge in [-0.15, -0.1) is 0 Å².